The Bertz CT molecular complexity index is 1340. The highest BCUT2D eigenvalue weighted by Crippen LogP contribution is 2.28. The number of methoxy groups -OCH3 is 1. The zero-order chi connectivity index (χ0) is 22.8. The highest BCUT2D eigenvalue weighted by molar-refractivity contribution is 14.1. The molecule has 0 aliphatic rings. The Kier molecular flexibility index (Phi) is 6.77. The molecule has 4 rings (SSSR count). The average Bonchev–Trinajstić information content (AvgIpc) is 3.17. The molecule has 0 atom stereocenters. The minimum absolute atomic E-state index is 0.162. The SMILES string of the molecule is COc1c(C)cc(Br)cc1C(=O)NC(=S)Nc1ccc2oc(-c3ccc(I)cc3)nc2c1. The lowest BCUT2D eigenvalue weighted by Gasteiger charge is -2.13. The van der Waals surface area contributed by atoms with E-state index < -0.39 is 0 Å². The van der Waals surface area contributed by atoms with Crippen molar-refractivity contribution in [3.05, 3.63) is 73.8 Å². The maximum absolute atomic E-state index is 12.8. The van der Waals surface area contributed by atoms with Crippen molar-refractivity contribution >= 4 is 78.5 Å². The fraction of sp³-hybridized carbons (Fsp3) is 0.0870. The van der Waals surface area contributed by atoms with E-state index in [1.54, 1.807) is 6.07 Å². The average molecular weight is 622 g/mol. The van der Waals surface area contributed by atoms with Crippen LogP contribution in [0.15, 0.2) is 63.5 Å². The molecule has 0 unspecified atom stereocenters. The van der Waals surface area contributed by atoms with Crippen LogP contribution in [0.1, 0.15) is 15.9 Å². The normalized spacial score (nSPS) is 10.8. The first-order valence-corrected chi connectivity index (χ1v) is 11.7. The number of hydrogen-bond donors (Lipinski definition) is 2. The first-order chi connectivity index (χ1) is 15.3. The van der Waals surface area contributed by atoms with Crippen LogP contribution < -0.4 is 15.4 Å². The zero-order valence-corrected chi connectivity index (χ0v) is 21.6. The number of ether oxygens (including phenoxy) is 1. The van der Waals surface area contributed by atoms with Crippen molar-refractivity contribution in [1.29, 1.82) is 0 Å². The van der Waals surface area contributed by atoms with E-state index in [4.69, 9.17) is 21.4 Å². The molecule has 6 nitrogen and oxygen atoms in total. The predicted molar refractivity (Wildman–Crippen MR) is 141 cm³/mol. The molecule has 0 radical (unpaired) electrons. The summed E-state index contributed by atoms with van der Waals surface area (Å²) in [7, 11) is 1.53. The number of amides is 1. The molecular formula is C23H17BrIN3O3S. The van der Waals surface area contributed by atoms with Crippen molar-refractivity contribution in [3.63, 3.8) is 0 Å². The molecule has 1 heterocycles. The molecule has 9 heteroatoms. The molecular weight excluding hydrogens is 605 g/mol. The van der Waals surface area contributed by atoms with E-state index in [1.165, 1.54) is 7.11 Å². The van der Waals surface area contributed by atoms with Crippen LogP contribution in [0.25, 0.3) is 22.6 Å². The van der Waals surface area contributed by atoms with Gasteiger partial charge < -0.3 is 14.5 Å². The monoisotopic (exact) mass is 621 g/mol. The van der Waals surface area contributed by atoms with Gasteiger partial charge in [-0.1, -0.05) is 15.9 Å². The molecule has 1 amide bonds. The number of aromatic nitrogens is 1. The van der Waals surface area contributed by atoms with Gasteiger partial charge in [0, 0.05) is 19.3 Å². The van der Waals surface area contributed by atoms with Crippen LogP contribution in [-0.2, 0) is 0 Å². The Labute approximate surface area is 212 Å². The molecule has 3 aromatic carbocycles. The van der Waals surface area contributed by atoms with Crippen LogP contribution in [0.3, 0.4) is 0 Å². The second kappa shape index (κ2) is 9.55. The number of aryl methyl sites for hydroxylation is 1. The summed E-state index contributed by atoms with van der Waals surface area (Å²) in [5.74, 6) is 0.675. The highest BCUT2D eigenvalue weighted by Gasteiger charge is 2.17. The van der Waals surface area contributed by atoms with E-state index in [-0.39, 0.29) is 11.0 Å². The maximum Gasteiger partial charge on any atom is 0.261 e. The van der Waals surface area contributed by atoms with E-state index in [2.05, 4.69) is 54.1 Å². The summed E-state index contributed by atoms with van der Waals surface area (Å²) in [6.45, 7) is 1.87. The van der Waals surface area contributed by atoms with Crippen LogP contribution in [0.2, 0.25) is 0 Å². The number of nitrogens with one attached hydrogen (secondary N) is 2. The van der Waals surface area contributed by atoms with Gasteiger partial charge in [-0.15, -0.1) is 0 Å². The molecule has 0 spiro atoms. The summed E-state index contributed by atoms with van der Waals surface area (Å²) in [4.78, 5) is 17.3. The number of carbonyl (C=O) groups excluding carboxylic acids is 1. The van der Waals surface area contributed by atoms with Crippen LogP contribution >= 0.6 is 50.7 Å². The summed E-state index contributed by atoms with van der Waals surface area (Å²) < 4.78 is 13.2. The third kappa shape index (κ3) is 4.94. The van der Waals surface area contributed by atoms with Crippen molar-refractivity contribution in [1.82, 2.24) is 10.3 Å². The molecule has 0 aliphatic carbocycles. The van der Waals surface area contributed by atoms with Gasteiger partial charge in [0.25, 0.3) is 5.91 Å². The van der Waals surface area contributed by atoms with Gasteiger partial charge in [-0.05, 0) is 102 Å². The molecule has 0 aliphatic heterocycles. The lowest BCUT2D eigenvalue weighted by Crippen LogP contribution is -2.34. The van der Waals surface area contributed by atoms with Gasteiger partial charge in [0.15, 0.2) is 10.7 Å². The second-order valence-electron chi connectivity index (χ2n) is 6.92. The van der Waals surface area contributed by atoms with E-state index in [0.717, 1.165) is 19.2 Å². The molecule has 1 aromatic heterocycles. The molecule has 2 N–H and O–H groups in total. The number of oxazole rings is 1. The number of halogens is 2. The number of thiocarbonyl (C=S) groups is 1. The third-order valence-electron chi connectivity index (χ3n) is 4.65. The number of carbonyl (C=O) groups is 1. The van der Waals surface area contributed by atoms with E-state index in [1.807, 2.05) is 55.5 Å². The number of rotatable bonds is 4. The van der Waals surface area contributed by atoms with Crippen LogP contribution in [0, 0.1) is 10.5 Å². The van der Waals surface area contributed by atoms with Gasteiger partial charge in [-0.25, -0.2) is 4.98 Å². The van der Waals surface area contributed by atoms with Gasteiger partial charge in [-0.3, -0.25) is 10.1 Å². The molecule has 162 valence electrons. The van der Waals surface area contributed by atoms with Crippen molar-refractivity contribution in [2.75, 3.05) is 12.4 Å². The van der Waals surface area contributed by atoms with Crippen molar-refractivity contribution in [2.45, 2.75) is 6.92 Å². The molecule has 0 bridgehead atoms. The molecule has 0 fully saturated rings. The Morgan fingerprint density at radius 2 is 1.91 bits per heavy atom. The number of fused-ring (bicyclic) bond motifs is 1. The van der Waals surface area contributed by atoms with E-state index in [0.29, 0.717) is 34.0 Å². The molecule has 4 aromatic rings. The lowest BCUT2D eigenvalue weighted by molar-refractivity contribution is 0.0974. The van der Waals surface area contributed by atoms with Crippen LogP contribution in [0.5, 0.6) is 5.75 Å². The summed E-state index contributed by atoms with van der Waals surface area (Å²) >= 11 is 11.0. The smallest absolute Gasteiger partial charge is 0.261 e. The Morgan fingerprint density at radius 1 is 1.16 bits per heavy atom. The van der Waals surface area contributed by atoms with E-state index in [9.17, 15) is 4.79 Å². The standard InChI is InChI=1S/C23H17BrIN3O3S/c1-12-9-14(24)10-17(20(12)30-2)21(29)28-23(32)26-16-7-8-19-18(11-16)27-22(31-19)13-3-5-15(25)6-4-13/h3-11H,1-2H3,(H2,26,28,29,32). The summed E-state index contributed by atoms with van der Waals surface area (Å²) in [6.07, 6.45) is 0. The Morgan fingerprint density at radius 3 is 2.62 bits per heavy atom. The molecule has 0 saturated carbocycles. The topological polar surface area (TPSA) is 76.4 Å². The van der Waals surface area contributed by atoms with Gasteiger partial charge in [0.05, 0.1) is 12.7 Å². The lowest BCUT2D eigenvalue weighted by atomic mass is 10.1. The van der Waals surface area contributed by atoms with Crippen molar-refractivity contribution < 1.29 is 13.9 Å². The quantitative estimate of drug-likeness (QED) is 0.206. The number of anilines is 1. The second-order valence-corrected chi connectivity index (χ2v) is 9.49. The van der Waals surface area contributed by atoms with Crippen molar-refractivity contribution in [3.8, 4) is 17.2 Å². The number of benzene rings is 3. The van der Waals surface area contributed by atoms with Gasteiger partial charge in [-0.2, -0.15) is 0 Å². The third-order valence-corrected chi connectivity index (χ3v) is 6.03. The van der Waals surface area contributed by atoms with Gasteiger partial charge in [0.1, 0.15) is 11.3 Å². The van der Waals surface area contributed by atoms with E-state index >= 15 is 0 Å². The minimum Gasteiger partial charge on any atom is -0.496 e. The molecule has 32 heavy (non-hydrogen) atoms. The Balaban J connectivity index is 1.50. The van der Waals surface area contributed by atoms with Gasteiger partial charge >= 0.3 is 0 Å². The first kappa shape index (κ1) is 22.7. The summed E-state index contributed by atoms with van der Waals surface area (Å²) in [6, 6.07) is 16.9. The number of hydrogen-bond acceptors (Lipinski definition) is 5. The molecule has 0 saturated heterocycles. The largest absolute Gasteiger partial charge is 0.496 e. The predicted octanol–water partition coefficient (Wildman–Crippen LogP) is 6.31. The number of nitrogens with zero attached hydrogens (tertiary/aromatic N) is 1. The van der Waals surface area contributed by atoms with Crippen LogP contribution in [-0.4, -0.2) is 23.1 Å². The van der Waals surface area contributed by atoms with Crippen molar-refractivity contribution in [2.24, 2.45) is 0 Å². The van der Waals surface area contributed by atoms with Crippen LogP contribution in [0.4, 0.5) is 5.69 Å². The Hall–Kier alpha value is -2.50. The summed E-state index contributed by atoms with van der Waals surface area (Å²) in [5.41, 5.74) is 4.15. The first-order valence-electron chi connectivity index (χ1n) is 9.47. The van der Waals surface area contributed by atoms with Gasteiger partial charge in [0.2, 0.25) is 5.89 Å². The highest BCUT2D eigenvalue weighted by atomic mass is 127. The minimum atomic E-state index is -0.368. The maximum atomic E-state index is 12.8. The zero-order valence-electron chi connectivity index (χ0n) is 17.0. The summed E-state index contributed by atoms with van der Waals surface area (Å²) in [5, 5.41) is 5.88. The fourth-order valence-corrected chi connectivity index (χ4v) is 4.37. The fourth-order valence-electron chi connectivity index (χ4n) is 3.22.